The summed E-state index contributed by atoms with van der Waals surface area (Å²) >= 11 is 0. The molecular formula is C14H24Cl2N4O. The monoisotopic (exact) mass is 334 g/mol. The minimum absolute atomic E-state index is 0. The molecule has 3 unspecified atom stereocenters. The van der Waals surface area contributed by atoms with E-state index in [4.69, 9.17) is 5.73 Å². The number of aliphatic hydroxyl groups is 1. The molecule has 1 saturated heterocycles. The molecule has 21 heavy (non-hydrogen) atoms. The van der Waals surface area contributed by atoms with Crippen molar-refractivity contribution in [1.29, 1.82) is 0 Å². The molecule has 1 aromatic rings. The maximum Gasteiger partial charge on any atom is 0.220 e. The first-order valence-corrected chi connectivity index (χ1v) is 7.21. The van der Waals surface area contributed by atoms with Crippen LogP contribution in [-0.2, 0) is 12.8 Å². The van der Waals surface area contributed by atoms with Crippen molar-refractivity contribution >= 4 is 30.8 Å². The highest BCUT2D eigenvalue weighted by Crippen LogP contribution is 2.34. The predicted molar refractivity (Wildman–Crippen MR) is 88.1 cm³/mol. The summed E-state index contributed by atoms with van der Waals surface area (Å²) in [7, 11) is 0. The Kier molecular flexibility index (Phi) is 6.66. The lowest BCUT2D eigenvalue weighted by Gasteiger charge is -2.46. The molecule has 0 aromatic carbocycles. The summed E-state index contributed by atoms with van der Waals surface area (Å²) in [5, 5.41) is 10.3. The van der Waals surface area contributed by atoms with Crippen molar-refractivity contribution in [3.8, 4) is 0 Å². The Balaban J connectivity index is 0.00000110. The third-order valence-electron chi connectivity index (χ3n) is 4.51. The molecule has 5 nitrogen and oxygen atoms in total. The third kappa shape index (κ3) is 3.59. The number of nitrogens with zero attached hydrogens (tertiary/aromatic N) is 3. The molecule has 0 radical (unpaired) electrons. The van der Waals surface area contributed by atoms with Crippen LogP contribution < -0.4 is 5.73 Å². The number of rotatable bonds is 2. The molecule has 3 N–H and O–H groups in total. The van der Waals surface area contributed by atoms with Crippen LogP contribution in [0.1, 0.15) is 31.0 Å². The summed E-state index contributed by atoms with van der Waals surface area (Å²) < 4.78 is 0. The Morgan fingerprint density at radius 2 is 2.14 bits per heavy atom. The second-order valence-electron chi connectivity index (χ2n) is 5.73. The quantitative estimate of drug-likeness (QED) is 0.856. The standard InChI is InChI=1S/C14H22N4O.2ClH/c1-2-4-18-5-3-13(19)10-7-11-9(6-12(10)18)8-16-14(15)17-11;;/h8,10,12-13,19H,2-7H2,1H3,(H2,15,16,17);2*1H. The Hall–Kier alpha value is -0.620. The summed E-state index contributed by atoms with van der Waals surface area (Å²) in [5.41, 5.74) is 7.90. The first kappa shape index (κ1) is 18.4. The lowest BCUT2D eigenvalue weighted by Crippen LogP contribution is -2.54. The number of fused-ring (bicyclic) bond motifs is 2. The largest absolute Gasteiger partial charge is 0.393 e. The molecule has 3 rings (SSSR count). The fraction of sp³-hybridized carbons (Fsp3) is 0.714. The van der Waals surface area contributed by atoms with Gasteiger partial charge < -0.3 is 10.8 Å². The number of likely N-dealkylation sites (tertiary alicyclic amines) is 1. The van der Waals surface area contributed by atoms with Crippen LogP contribution in [0.15, 0.2) is 6.20 Å². The van der Waals surface area contributed by atoms with Crippen LogP contribution in [-0.4, -0.2) is 45.2 Å². The van der Waals surface area contributed by atoms with Crippen molar-refractivity contribution in [3.63, 3.8) is 0 Å². The molecule has 1 fully saturated rings. The van der Waals surface area contributed by atoms with E-state index in [9.17, 15) is 5.11 Å². The summed E-state index contributed by atoms with van der Waals surface area (Å²) in [6, 6.07) is 0.434. The average molecular weight is 335 g/mol. The van der Waals surface area contributed by atoms with Crippen LogP contribution >= 0.6 is 24.8 Å². The summed E-state index contributed by atoms with van der Waals surface area (Å²) in [6.07, 6.45) is 5.45. The van der Waals surface area contributed by atoms with Crippen molar-refractivity contribution in [3.05, 3.63) is 17.5 Å². The van der Waals surface area contributed by atoms with Crippen LogP contribution in [0.2, 0.25) is 0 Å². The van der Waals surface area contributed by atoms with Crippen molar-refractivity contribution in [2.24, 2.45) is 5.92 Å². The lowest BCUT2D eigenvalue weighted by atomic mass is 9.75. The van der Waals surface area contributed by atoms with Gasteiger partial charge in [0.1, 0.15) is 0 Å². The molecule has 3 atom stereocenters. The molecule has 0 bridgehead atoms. The van der Waals surface area contributed by atoms with Gasteiger partial charge in [0.05, 0.1) is 6.10 Å². The SMILES string of the molecule is CCCN1CCC(O)C2Cc3nc(N)ncc3CC21.Cl.Cl. The van der Waals surface area contributed by atoms with Crippen LogP contribution in [0.25, 0.3) is 0 Å². The second-order valence-corrected chi connectivity index (χ2v) is 5.73. The van der Waals surface area contributed by atoms with Gasteiger partial charge >= 0.3 is 0 Å². The Bertz CT molecular complexity index is 474. The van der Waals surface area contributed by atoms with E-state index < -0.39 is 0 Å². The van der Waals surface area contributed by atoms with E-state index in [0.717, 1.165) is 44.5 Å². The molecule has 0 spiro atoms. The normalized spacial score (nSPS) is 27.8. The Labute approximate surface area is 138 Å². The molecular weight excluding hydrogens is 311 g/mol. The summed E-state index contributed by atoms with van der Waals surface area (Å²) in [6.45, 7) is 4.32. The van der Waals surface area contributed by atoms with Gasteiger partial charge in [0.25, 0.3) is 0 Å². The van der Waals surface area contributed by atoms with E-state index in [0.29, 0.717) is 17.9 Å². The Morgan fingerprint density at radius 3 is 2.86 bits per heavy atom. The topological polar surface area (TPSA) is 75.3 Å². The molecule has 1 aromatic heterocycles. The number of anilines is 1. The van der Waals surface area contributed by atoms with Crippen molar-refractivity contribution in [2.45, 2.75) is 44.8 Å². The minimum atomic E-state index is -0.206. The zero-order valence-corrected chi connectivity index (χ0v) is 13.9. The predicted octanol–water partition coefficient (Wildman–Crippen LogP) is 1.46. The molecule has 1 aliphatic carbocycles. The van der Waals surface area contributed by atoms with Gasteiger partial charge in [0.15, 0.2) is 0 Å². The van der Waals surface area contributed by atoms with Crippen molar-refractivity contribution < 1.29 is 5.11 Å². The van der Waals surface area contributed by atoms with Crippen LogP contribution in [0.4, 0.5) is 5.95 Å². The highest BCUT2D eigenvalue weighted by atomic mass is 35.5. The van der Waals surface area contributed by atoms with Crippen LogP contribution in [0.5, 0.6) is 0 Å². The zero-order chi connectivity index (χ0) is 13.4. The smallest absolute Gasteiger partial charge is 0.220 e. The highest BCUT2D eigenvalue weighted by molar-refractivity contribution is 5.85. The zero-order valence-electron chi connectivity index (χ0n) is 12.2. The number of nitrogens with two attached hydrogens (primary N) is 1. The van der Waals surface area contributed by atoms with Crippen molar-refractivity contribution in [1.82, 2.24) is 14.9 Å². The number of aromatic nitrogens is 2. The van der Waals surface area contributed by atoms with Gasteiger partial charge in [-0.25, -0.2) is 9.97 Å². The van der Waals surface area contributed by atoms with E-state index in [1.165, 1.54) is 5.56 Å². The first-order valence-electron chi connectivity index (χ1n) is 7.21. The number of nitrogen functional groups attached to an aromatic ring is 1. The van der Waals surface area contributed by atoms with E-state index in [-0.39, 0.29) is 30.9 Å². The van der Waals surface area contributed by atoms with Crippen LogP contribution in [0.3, 0.4) is 0 Å². The summed E-state index contributed by atoms with van der Waals surface area (Å²) in [4.78, 5) is 11.0. The number of hydrogen-bond donors (Lipinski definition) is 2. The van der Waals surface area contributed by atoms with E-state index in [2.05, 4.69) is 21.8 Å². The number of halogens is 2. The third-order valence-corrected chi connectivity index (χ3v) is 4.51. The summed E-state index contributed by atoms with van der Waals surface area (Å²) in [5.74, 6) is 0.634. The molecule has 2 heterocycles. The fourth-order valence-electron chi connectivity index (χ4n) is 3.58. The Morgan fingerprint density at radius 1 is 1.38 bits per heavy atom. The first-order chi connectivity index (χ1) is 9.19. The molecule has 7 heteroatoms. The molecule has 2 aliphatic rings. The maximum absolute atomic E-state index is 10.3. The molecule has 0 saturated carbocycles. The van der Waals surface area contributed by atoms with Gasteiger partial charge in [-0.2, -0.15) is 0 Å². The average Bonchev–Trinajstić information content (AvgIpc) is 2.41. The maximum atomic E-state index is 10.3. The minimum Gasteiger partial charge on any atom is -0.393 e. The molecule has 120 valence electrons. The second kappa shape index (κ2) is 7.58. The number of aliphatic hydroxyl groups excluding tert-OH is 1. The number of piperidine rings is 1. The van der Waals surface area contributed by atoms with Gasteiger partial charge in [-0.15, -0.1) is 24.8 Å². The highest BCUT2D eigenvalue weighted by Gasteiger charge is 2.40. The fourth-order valence-corrected chi connectivity index (χ4v) is 3.58. The van der Waals surface area contributed by atoms with Crippen molar-refractivity contribution in [2.75, 3.05) is 18.8 Å². The number of hydrogen-bond acceptors (Lipinski definition) is 5. The van der Waals surface area contributed by atoms with Gasteiger partial charge in [0.2, 0.25) is 5.95 Å². The van der Waals surface area contributed by atoms with E-state index >= 15 is 0 Å². The molecule has 1 aliphatic heterocycles. The van der Waals surface area contributed by atoms with Gasteiger partial charge in [-0.05, 0) is 37.8 Å². The van der Waals surface area contributed by atoms with E-state index in [1.807, 2.05) is 6.20 Å². The van der Waals surface area contributed by atoms with Gasteiger partial charge in [-0.1, -0.05) is 6.92 Å². The van der Waals surface area contributed by atoms with Crippen LogP contribution in [0, 0.1) is 5.92 Å². The van der Waals surface area contributed by atoms with E-state index in [1.54, 1.807) is 0 Å². The lowest BCUT2D eigenvalue weighted by molar-refractivity contribution is -0.0211. The van der Waals surface area contributed by atoms with Gasteiger partial charge in [-0.3, -0.25) is 4.90 Å². The van der Waals surface area contributed by atoms with Gasteiger partial charge in [0, 0.05) is 30.4 Å². The molecule has 0 amide bonds.